The van der Waals surface area contributed by atoms with Gasteiger partial charge in [-0.15, -0.1) is 11.8 Å². The molecule has 3 unspecified atom stereocenters. The van der Waals surface area contributed by atoms with Crippen LogP contribution in [0.2, 0.25) is 0 Å². The molecule has 3 N–H and O–H groups in total. The molecule has 0 saturated carbocycles. The quantitative estimate of drug-likeness (QED) is 0.355. The number of aryl methyl sites for hydroxylation is 1. The van der Waals surface area contributed by atoms with Crippen LogP contribution in [0.4, 0.5) is 0 Å². The third kappa shape index (κ3) is 4.88. The number of nitrogens with two attached hydrogens (primary N) is 1. The molecule has 3 atom stereocenters. The number of fused-ring (bicyclic) bond motifs is 1. The van der Waals surface area contributed by atoms with Gasteiger partial charge < -0.3 is 15.2 Å². The molecular formula is C21H30N2O8S2. The standard InChI is InChI=1S/C14H22N2O5S.C7H8O3S/c1-12(2,3)10(18)21-14(11(19)20-6)13(4,5)22-9-7(15)8(17)16(9)14;1-6-2-4-7(5-3-6)11(8,9)10/h7,9H,15H2,1-6H3;2-5H,1H3,(H,8,9,10). The van der Waals surface area contributed by atoms with Crippen molar-refractivity contribution in [3.8, 4) is 0 Å². The molecule has 2 aliphatic rings. The number of methoxy groups -OCH3 is 1. The summed E-state index contributed by atoms with van der Waals surface area (Å²) in [5, 5.41) is -0.408. The highest BCUT2D eigenvalue weighted by molar-refractivity contribution is 8.01. The number of ether oxygens (including phenoxy) is 2. The van der Waals surface area contributed by atoms with E-state index in [1.807, 2.05) is 6.92 Å². The minimum atomic E-state index is -4.02. The van der Waals surface area contributed by atoms with Crippen LogP contribution in [-0.4, -0.2) is 64.7 Å². The molecule has 2 aliphatic heterocycles. The number of nitrogens with zero attached hydrogens (tertiary/aromatic N) is 1. The fourth-order valence-corrected chi connectivity index (χ4v) is 5.40. The molecule has 12 heteroatoms. The Bertz CT molecular complexity index is 1050. The van der Waals surface area contributed by atoms with Crippen LogP contribution in [0.3, 0.4) is 0 Å². The van der Waals surface area contributed by atoms with Crippen LogP contribution in [0.5, 0.6) is 0 Å². The van der Waals surface area contributed by atoms with Gasteiger partial charge in [0.25, 0.3) is 10.1 Å². The highest BCUT2D eigenvalue weighted by atomic mass is 32.2. The van der Waals surface area contributed by atoms with Gasteiger partial charge in [0.15, 0.2) is 0 Å². The van der Waals surface area contributed by atoms with E-state index >= 15 is 0 Å². The molecule has 1 amide bonds. The number of carbonyl (C=O) groups is 3. The third-order valence-electron chi connectivity index (χ3n) is 5.29. The lowest BCUT2D eigenvalue weighted by molar-refractivity contribution is -0.224. The molecular weight excluding hydrogens is 472 g/mol. The maximum absolute atomic E-state index is 12.5. The van der Waals surface area contributed by atoms with E-state index in [0.29, 0.717) is 0 Å². The van der Waals surface area contributed by atoms with Crippen molar-refractivity contribution in [2.75, 3.05) is 7.11 Å². The van der Waals surface area contributed by atoms with E-state index in [0.717, 1.165) is 5.56 Å². The van der Waals surface area contributed by atoms with E-state index in [2.05, 4.69) is 0 Å². The van der Waals surface area contributed by atoms with Gasteiger partial charge in [0, 0.05) is 0 Å². The van der Waals surface area contributed by atoms with E-state index < -0.39 is 55.3 Å². The Kier molecular flexibility index (Phi) is 7.30. The molecule has 2 heterocycles. The molecule has 3 rings (SSSR count). The number of rotatable bonds is 3. The minimum Gasteiger partial charge on any atom is -0.465 e. The number of hydrogen-bond acceptors (Lipinski definition) is 9. The average Bonchev–Trinajstić information content (AvgIpc) is 2.91. The summed E-state index contributed by atoms with van der Waals surface area (Å²) in [6.07, 6.45) is 0. The van der Waals surface area contributed by atoms with Crippen molar-refractivity contribution in [1.82, 2.24) is 4.90 Å². The van der Waals surface area contributed by atoms with Crippen LogP contribution < -0.4 is 5.73 Å². The zero-order chi connectivity index (χ0) is 25.6. The molecule has 2 saturated heterocycles. The van der Waals surface area contributed by atoms with Crippen LogP contribution in [0.15, 0.2) is 29.2 Å². The Morgan fingerprint density at radius 1 is 1.18 bits per heavy atom. The van der Waals surface area contributed by atoms with Gasteiger partial charge in [0.05, 0.1) is 22.2 Å². The van der Waals surface area contributed by atoms with Crippen LogP contribution in [0, 0.1) is 12.3 Å². The molecule has 0 radical (unpaired) electrons. The Hall–Kier alpha value is -2.15. The number of β-lactam (4-membered cyclic amide) rings is 1. The smallest absolute Gasteiger partial charge is 0.374 e. The lowest BCUT2D eigenvalue weighted by Crippen LogP contribution is -2.76. The number of esters is 2. The van der Waals surface area contributed by atoms with Gasteiger partial charge in [-0.1, -0.05) is 17.7 Å². The molecule has 1 aromatic carbocycles. The molecule has 0 aliphatic carbocycles. The second-order valence-electron chi connectivity index (χ2n) is 9.32. The van der Waals surface area contributed by atoms with E-state index in [1.54, 1.807) is 46.8 Å². The number of carbonyl (C=O) groups excluding carboxylic acids is 3. The summed E-state index contributed by atoms with van der Waals surface area (Å²) in [7, 11) is -2.82. The molecule has 1 aromatic rings. The Morgan fingerprint density at radius 2 is 1.70 bits per heavy atom. The highest BCUT2D eigenvalue weighted by Gasteiger charge is 2.75. The number of amides is 1. The van der Waals surface area contributed by atoms with Crippen LogP contribution in [0.25, 0.3) is 0 Å². The largest absolute Gasteiger partial charge is 0.465 e. The molecule has 0 bridgehead atoms. The first kappa shape index (κ1) is 27.1. The van der Waals surface area contributed by atoms with Crippen molar-refractivity contribution in [2.45, 2.75) is 68.3 Å². The molecule has 2 fully saturated rings. The second-order valence-corrected chi connectivity index (χ2v) is 12.5. The monoisotopic (exact) mass is 502 g/mol. The summed E-state index contributed by atoms with van der Waals surface area (Å²) in [6.45, 7) is 10.4. The lowest BCUT2D eigenvalue weighted by Gasteiger charge is -2.48. The van der Waals surface area contributed by atoms with Crippen molar-refractivity contribution in [1.29, 1.82) is 0 Å². The van der Waals surface area contributed by atoms with Crippen molar-refractivity contribution >= 4 is 39.7 Å². The third-order valence-corrected chi connectivity index (χ3v) is 7.77. The van der Waals surface area contributed by atoms with Crippen molar-refractivity contribution in [3.63, 3.8) is 0 Å². The first-order chi connectivity index (χ1) is 14.9. The van der Waals surface area contributed by atoms with Gasteiger partial charge in [0.2, 0.25) is 5.91 Å². The number of hydrogen-bond donors (Lipinski definition) is 2. The Balaban J connectivity index is 0.000000294. The lowest BCUT2D eigenvalue weighted by atomic mass is 9.90. The molecule has 0 spiro atoms. The zero-order valence-electron chi connectivity index (χ0n) is 19.6. The summed E-state index contributed by atoms with van der Waals surface area (Å²) in [4.78, 5) is 38.3. The summed E-state index contributed by atoms with van der Waals surface area (Å²) >= 11 is 1.33. The van der Waals surface area contributed by atoms with Crippen LogP contribution in [-0.2, 0) is 34.0 Å². The minimum absolute atomic E-state index is 0.0666. The summed E-state index contributed by atoms with van der Waals surface area (Å²) in [5.41, 5.74) is 4.14. The zero-order valence-corrected chi connectivity index (χ0v) is 21.2. The number of thioether (sulfide) groups is 1. The van der Waals surface area contributed by atoms with Gasteiger partial charge in [-0.2, -0.15) is 8.42 Å². The molecule has 10 nitrogen and oxygen atoms in total. The summed E-state index contributed by atoms with van der Waals surface area (Å²) in [5.74, 6) is -1.78. The molecule has 0 aromatic heterocycles. The van der Waals surface area contributed by atoms with Gasteiger partial charge in [-0.05, 0) is 53.7 Å². The number of benzene rings is 1. The maximum Gasteiger partial charge on any atom is 0.374 e. The van der Waals surface area contributed by atoms with E-state index in [-0.39, 0.29) is 4.90 Å². The summed E-state index contributed by atoms with van der Waals surface area (Å²) in [6, 6.07) is 5.28. The van der Waals surface area contributed by atoms with Crippen molar-refractivity contribution in [3.05, 3.63) is 29.8 Å². The topological polar surface area (TPSA) is 153 Å². The molecule has 184 valence electrons. The SMILES string of the molecule is COC(=O)C1(OC(=O)C(C)(C)C)N2C(=O)C(N)C2SC1(C)C.Cc1ccc(S(=O)(=O)O)cc1. The first-order valence-corrected chi connectivity index (χ1v) is 12.3. The normalized spacial score (nSPS) is 25.8. The average molecular weight is 503 g/mol. The highest BCUT2D eigenvalue weighted by Crippen LogP contribution is 2.57. The van der Waals surface area contributed by atoms with Crippen LogP contribution in [0.1, 0.15) is 40.2 Å². The van der Waals surface area contributed by atoms with Crippen molar-refractivity contribution < 1.29 is 36.8 Å². The maximum atomic E-state index is 12.5. The first-order valence-electron chi connectivity index (χ1n) is 10.0. The van der Waals surface area contributed by atoms with Crippen LogP contribution >= 0.6 is 11.8 Å². The van der Waals surface area contributed by atoms with Gasteiger partial charge >= 0.3 is 17.7 Å². The Morgan fingerprint density at radius 3 is 2.12 bits per heavy atom. The summed E-state index contributed by atoms with van der Waals surface area (Å²) < 4.78 is 39.1. The fourth-order valence-electron chi connectivity index (χ4n) is 3.31. The molecule has 33 heavy (non-hydrogen) atoms. The van der Waals surface area contributed by atoms with Gasteiger partial charge in [-0.25, -0.2) is 4.79 Å². The van der Waals surface area contributed by atoms with Gasteiger partial charge in [-0.3, -0.25) is 19.0 Å². The van der Waals surface area contributed by atoms with Crippen molar-refractivity contribution in [2.24, 2.45) is 11.1 Å². The second kappa shape index (κ2) is 8.90. The van der Waals surface area contributed by atoms with E-state index in [4.69, 9.17) is 19.8 Å². The van der Waals surface area contributed by atoms with E-state index in [1.165, 1.54) is 35.9 Å². The van der Waals surface area contributed by atoms with E-state index in [9.17, 15) is 22.8 Å². The fraction of sp³-hybridized carbons (Fsp3) is 0.571. The predicted octanol–water partition coefficient (Wildman–Crippen LogP) is 1.71. The van der Waals surface area contributed by atoms with Gasteiger partial charge in [0.1, 0.15) is 11.4 Å². The predicted molar refractivity (Wildman–Crippen MR) is 122 cm³/mol. The Labute approximate surface area is 197 Å².